The zero-order valence-corrected chi connectivity index (χ0v) is 14.5. The molecule has 23 heavy (non-hydrogen) atoms. The maximum atomic E-state index is 12.1. The fourth-order valence-corrected chi connectivity index (χ4v) is 3.95. The number of nitrogens with one attached hydrogen (secondary N) is 2. The second-order valence-electron chi connectivity index (χ2n) is 7.40. The van der Waals surface area contributed by atoms with Crippen LogP contribution in [0.5, 0.6) is 0 Å². The van der Waals surface area contributed by atoms with Gasteiger partial charge in [-0.1, -0.05) is 20.8 Å². The zero-order valence-electron chi connectivity index (χ0n) is 14.5. The number of urea groups is 1. The molecular weight excluding hydrogens is 294 g/mol. The molecule has 132 valence electrons. The number of aliphatic carboxylic acids is 1. The fourth-order valence-electron chi connectivity index (χ4n) is 3.95. The molecule has 6 heteroatoms. The highest BCUT2D eigenvalue weighted by molar-refractivity contribution is 5.74. The molecule has 0 radical (unpaired) electrons. The lowest BCUT2D eigenvalue weighted by atomic mass is 9.80. The van der Waals surface area contributed by atoms with Crippen molar-refractivity contribution in [1.82, 2.24) is 15.5 Å². The predicted molar refractivity (Wildman–Crippen MR) is 89.3 cm³/mol. The first-order chi connectivity index (χ1) is 10.9. The molecule has 2 saturated carbocycles. The summed E-state index contributed by atoms with van der Waals surface area (Å²) < 4.78 is 0. The molecule has 0 aromatic rings. The first-order valence-electron chi connectivity index (χ1n) is 8.91. The van der Waals surface area contributed by atoms with Crippen molar-refractivity contribution in [2.45, 2.75) is 71.0 Å². The molecule has 0 bridgehead atoms. The van der Waals surface area contributed by atoms with Gasteiger partial charge in [0.1, 0.15) is 0 Å². The average Bonchev–Trinajstić information content (AvgIpc) is 2.43. The maximum absolute atomic E-state index is 12.1. The summed E-state index contributed by atoms with van der Waals surface area (Å²) in [6, 6.07) is 0.652. The van der Waals surface area contributed by atoms with Crippen molar-refractivity contribution in [3.8, 4) is 0 Å². The van der Waals surface area contributed by atoms with E-state index in [0.717, 1.165) is 31.7 Å². The molecule has 2 rings (SSSR count). The second kappa shape index (κ2) is 7.99. The van der Waals surface area contributed by atoms with E-state index in [1.54, 1.807) is 0 Å². The van der Waals surface area contributed by atoms with E-state index in [9.17, 15) is 9.59 Å². The third kappa shape index (κ3) is 5.09. The van der Waals surface area contributed by atoms with Crippen molar-refractivity contribution >= 4 is 12.0 Å². The second-order valence-corrected chi connectivity index (χ2v) is 7.40. The van der Waals surface area contributed by atoms with Crippen molar-refractivity contribution in [3.05, 3.63) is 0 Å². The number of hydrogen-bond donors (Lipinski definition) is 3. The van der Waals surface area contributed by atoms with Gasteiger partial charge in [0.15, 0.2) is 0 Å². The Balaban J connectivity index is 1.68. The van der Waals surface area contributed by atoms with Crippen molar-refractivity contribution in [3.63, 3.8) is 0 Å². The van der Waals surface area contributed by atoms with E-state index in [2.05, 4.69) is 24.5 Å². The first-order valence-corrected chi connectivity index (χ1v) is 8.91. The van der Waals surface area contributed by atoms with Crippen molar-refractivity contribution in [1.29, 1.82) is 0 Å². The SMILES string of the molecule is CCN(CC(=O)O)C1CC(NC(=O)NC2CCC(C)CC2C)C1. The largest absolute Gasteiger partial charge is 0.480 e. The highest BCUT2D eigenvalue weighted by atomic mass is 16.4. The summed E-state index contributed by atoms with van der Waals surface area (Å²) in [5.41, 5.74) is 0. The van der Waals surface area contributed by atoms with Gasteiger partial charge in [0.2, 0.25) is 0 Å². The summed E-state index contributed by atoms with van der Waals surface area (Å²) >= 11 is 0. The Morgan fingerprint density at radius 3 is 2.39 bits per heavy atom. The number of carboxylic acids is 1. The van der Waals surface area contributed by atoms with E-state index in [0.29, 0.717) is 5.92 Å². The van der Waals surface area contributed by atoms with Crippen LogP contribution >= 0.6 is 0 Å². The van der Waals surface area contributed by atoms with E-state index < -0.39 is 5.97 Å². The highest BCUT2D eigenvalue weighted by Gasteiger charge is 2.35. The van der Waals surface area contributed by atoms with E-state index in [1.165, 1.54) is 12.8 Å². The Morgan fingerprint density at radius 1 is 1.13 bits per heavy atom. The summed E-state index contributed by atoms with van der Waals surface area (Å²) in [6.45, 7) is 7.27. The number of nitrogens with zero attached hydrogens (tertiary/aromatic N) is 1. The first kappa shape index (κ1) is 18.0. The molecule has 2 amide bonds. The molecule has 3 atom stereocenters. The smallest absolute Gasteiger partial charge is 0.317 e. The number of hydrogen-bond acceptors (Lipinski definition) is 3. The number of carboxylic acid groups (broad SMARTS) is 1. The Kier molecular flexibility index (Phi) is 6.27. The van der Waals surface area contributed by atoms with Crippen molar-refractivity contribution < 1.29 is 14.7 Å². The van der Waals surface area contributed by atoms with Crippen LogP contribution in [0, 0.1) is 11.8 Å². The topological polar surface area (TPSA) is 81.7 Å². The number of carbonyl (C=O) groups excluding carboxylic acids is 1. The van der Waals surface area contributed by atoms with E-state index in [1.807, 2.05) is 11.8 Å². The van der Waals surface area contributed by atoms with E-state index in [4.69, 9.17) is 5.11 Å². The van der Waals surface area contributed by atoms with Gasteiger partial charge in [-0.15, -0.1) is 0 Å². The molecule has 6 nitrogen and oxygen atoms in total. The summed E-state index contributed by atoms with van der Waals surface area (Å²) in [5.74, 6) is 0.499. The maximum Gasteiger partial charge on any atom is 0.317 e. The van der Waals surface area contributed by atoms with Crippen LogP contribution in [0.2, 0.25) is 0 Å². The molecule has 3 unspecified atom stereocenters. The third-order valence-electron chi connectivity index (χ3n) is 5.46. The van der Waals surface area contributed by atoms with Gasteiger partial charge in [-0.25, -0.2) is 4.79 Å². The lowest BCUT2D eigenvalue weighted by Crippen LogP contribution is -2.57. The van der Waals surface area contributed by atoms with Crippen LogP contribution < -0.4 is 10.6 Å². The highest BCUT2D eigenvalue weighted by Crippen LogP contribution is 2.29. The summed E-state index contributed by atoms with van der Waals surface area (Å²) in [7, 11) is 0. The molecule has 2 fully saturated rings. The molecule has 0 aliphatic heterocycles. The Morgan fingerprint density at radius 2 is 1.83 bits per heavy atom. The monoisotopic (exact) mass is 325 g/mol. The van der Waals surface area contributed by atoms with Gasteiger partial charge in [-0.05, 0) is 50.5 Å². The van der Waals surface area contributed by atoms with E-state index in [-0.39, 0.29) is 30.7 Å². The Labute approximate surface area is 139 Å². The number of rotatable bonds is 6. The fraction of sp³-hybridized carbons (Fsp3) is 0.882. The minimum absolute atomic E-state index is 0.0684. The lowest BCUT2D eigenvalue weighted by Gasteiger charge is -2.42. The van der Waals surface area contributed by atoms with Crippen LogP contribution in [0.3, 0.4) is 0 Å². The van der Waals surface area contributed by atoms with Crippen LogP contribution in [0.4, 0.5) is 4.79 Å². The summed E-state index contributed by atoms with van der Waals surface area (Å²) in [5, 5.41) is 15.1. The molecule has 2 aliphatic carbocycles. The quantitative estimate of drug-likeness (QED) is 0.698. The predicted octanol–water partition coefficient (Wildman–Crippen LogP) is 2.05. The van der Waals surface area contributed by atoms with Gasteiger partial charge in [0.25, 0.3) is 0 Å². The summed E-state index contributed by atoms with van der Waals surface area (Å²) in [4.78, 5) is 24.9. The van der Waals surface area contributed by atoms with Gasteiger partial charge >= 0.3 is 12.0 Å². The van der Waals surface area contributed by atoms with E-state index >= 15 is 0 Å². The Hall–Kier alpha value is -1.30. The van der Waals surface area contributed by atoms with Crippen LogP contribution in [-0.2, 0) is 4.79 Å². The Bertz CT molecular complexity index is 423. The molecule has 0 aromatic heterocycles. The van der Waals surface area contributed by atoms with Gasteiger partial charge in [-0.2, -0.15) is 0 Å². The van der Waals surface area contributed by atoms with Gasteiger partial charge in [-0.3, -0.25) is 9.69 Å². The van der Waals surface area contributed by atoms with Crippen molar-refractivity contribution in [2.24, 2.45) is 11.8 Å². The lowest BCUT2D eigenvalue weighted by molar-refractivity contribution is -0.139. The molecule has 0 spiro atoms. The minimum Gasteiger partial charge on any atom is -0.480 e. The molecule has 2 aliphatic rings. The van der Waals surface area contributed by atoms with Gasteiger partial charge < -0.3 is 15.7 Å². The normalized spacial score (nSPS) is 33.8. The average molecular weight is 325 g/mol. The van der Waals surface area contributed by atoms with Gasteiger partial charge in [0.05, 0.1) is 6.54 Å². The molecule has 0 heterocycles. The molecule has 0 saturated heterocycles. The molecule has 0 aromatic carbocycles. The van der Waals surface area contributed by atoms with Crippen molar-refractivity contribution in [2.75, 3.05) is 13.1 Å². The standard InChI is InChI=1S/C17H31N3O3/c1-4-20(10-16(21)22)14-8-13(9-14)18-17(23)19-15-6-5-11(2)7-12(15)3/h11-15H,4-10H2,1-3H3,(H,21,22)(H2,18,19,23). The van der Waals surface area contributed by atoms with Crippen LogP contribution in [-0.4, -0.2) is 53.2 Å². The third-order valence-corrected chi connectivity index (χ3v) is 5.46. The van der Waals surface area contributed by atoms with Gasteiger partial charge in [0, 0.05) is 18.1 Å². The molecule has 3 N–H and O–H groups in total. The minimum atomic E-state index is -0.790. The zero-order chi connectivity index (χ0) is 17.0. The molecular formula is C17H31N3O3. The number of amides is 2. The van der Waals surface area contributed by atoms with Crippen LogP contribution in [0.1, 0.15) is 52.9 Å². The summed E-state index contributed by atoms with van der Waals surface area (Å²) in [6.07, 6.45) is 5.10. The van der Waals surface area contributed by atoms with Crippen LogP contribution in [0.15, 0.2) is 0 Å². The number of likely N-dealkylation sites (N-methyl/N-ethyl adjacent to an activating group) is 1. The van der Waals surface area contributed by atoms with Crippen LogP contribution in [0.25, 0.3) is 0 Å². The number of carbonyl (C=O) groups is 2.